The molecule has 1 aliphatic carbocycles. The van der Waals surface area contributed by atoms with Gasteiger partial charge in [-0.15, -0.1) is 0 Å². The molecule has 2 bridgehead atoms. The molecule has 1 aromatic heterocycles. The molecule has 2 aliphatic heterocycles. The standard InChI is InChI=1S/C31H42FN3O5/c1-2-33-28(36)19-38-25-12-11-22(32)16-21(25)17-23-26-13-14-27(40-26)29(23)31-35-24(18-39-31)30(37)34-15-7-6-10-20-8-4-3-5-9-20/h11-12,16,18,20,23,26-27,29H,2-10,13-15,17,19H2,1H3,(H,33,36)(H,34,37)/t23-,26-,27+,29-/m0/s1. The van der Waals surface area contributed by atoms with Gasteiger partial charge >= 0.3 is 0 Å². The van der Waals surface area contributed by atoms with Crippen LogP contribution < -0.4 is 15.4 Å². The van der Waals surface area contributed by atoms with E-state index in [4.69, 9.17) is 13.9 Å². The van der Waals surface area contributed by atoms with Crippen molar-refractivity contribution in [2.75, 3.05) is 19.7 Å². The van der Waals surface area contributed by atoms with Gasteiger partial charge < -0.3 is 24.5 Å². The number of amides is 2. The van der Waals surface area contributed by atoms with Crippen LogP contribution >= 0.6 is 0 Å². The maximum atomic E-state index is 14.2. The molecule has 2 amide bonds. The summed E-state index contributed by atoms with van der Waals surface area (Å²) >= 11 is 0. The Labute approximate surface area is 235 Å². The number of nitrogens with zero attached hydrogens (tertiary/aromatic N) is 1. The van der Waals surface area contributed by atoms with Gasteiger partial charge in [0.05, 0.1) is 18.1 Å². The van der Waals surface area contributed by atoms with Gasteiger partial charge in [-0.1, -0.05) is 44.9 Å². The van der Waals surface area contributed by atoms with E-state index >= 15 is 0 Å². The highest BCUT2D eigenvalue weighted by Gasteiger charge is 2.51. The van der Waals surface area contributed by atoms with Gasteiger partial charge in [-0.25, -0.2) is 9.37 Å². The molecule has 3 fully saturated rings. The molecule has 9 heteroatoms. The zero-order valence-corrected chi connectivity index (χ0v) is 23.5. The summed E-state index contributed by atoms with van der Waals surface area (Å²) in [7, 11) is 0. The Hall–Kier alpha value is -2.94. The number of ether oxygens (including phenoxy) is 2. The number of hydrogen-bond acceptors (Lipinski definition) is 6. The van der Waals surface area contributed by atoms with Crippen LogP contribution in [0.5, 0.6) is 5.75 Å². The van der Waals surface area contributed by atoms with Crippen LogP contribution in [0.1, 0.15) is 99.0 Å². The second-order valence-electron chi connectivity index (χ2n) is 11.5. The van der Waals surface area contributed by atoms with Crippen molar-refractivity contribution < 1.29 is 27.9 Å². The molecule has 4 atom stereocenters. The number of unbranched alkanes of at least 4 members (excludes halogenated alkanes) is 1. The van der Waals surface area contributed by atoms with Gasteiger partial charge in [-0.2, -0.15) is 0 Å². The zero-order valence-electron chi connectivity index (χ0n) is 23.5. The molecule has 2 N–H and O–H groups in total. The van der Waals surface area contributed by atoms with Gasteiger partial charge in [0.25, 0.3) is 11.8 Å². The molecule has 0 unspecified atom stereocenters. The molecule has 0 spiro atoms. The molecular formula is C31H42FN3O5. The lowest BCUT2D eigenvalue weighted by Crippen LogP contribution is -2.29. The topological polar surface area (TPSA) is 103 Å². The van der Waals surface area contributed by atoms with E-state index in [0.29, 0.717) is 36.7 Å². The van der Waals surface area contributed by atoms with E-state index in [1.54, 1.807) is 6.07 Å². The summed E-state index contributed by atoms with van der Waals surface area (Å²) in [6.07, 6.45) is 13.8. The van der Waals surface area contributed by atoms with Gasteiger partial charge in [0.2, 0.25) is 5.89 Å². The SMILES string of the molecule is CCNC(=O)COc1ccc(F)cc1C[C@@H]1[C@H](c2nc(C(=O)NCCCCC3CCCCC3)co2)[C@H]2CC[C@@H]1O2. The third-order valence-electron chi connectivity index (χ3n) is 8.72. The van der Waals surface area contributed by atoms with E-state index < -0.39 is 0 Å². The van der Waals surface area contributed by atoms with Crippen molar-refractivity contribution in [3.8, 4) is 5.75 Å². The number of benzene rings is 1. The molecule has 2 saturated heterocycles. The van der Waals surface area contributed by atoms with Crippen LogP contribution in [-0.2, 0) is 16.0 Å². The first-order chi connectivity index (χ1) is 19.5. The molecule has 218 valence electrons. The smallest absolute Gasteiger partial charge is 0.273 e. The summed E-state index contributed by atoms with van der Waals surface area (Å²) in [4.78, 5) is 29.3. The minimum Gasteiger partial charge on any atom is -0.483 e. The number of hydrogen-bond donors (Lipinski definition) is 2. The summed E-state index contributed by atoms with van der Waals surface area (Å²) in [5.74, 6) is 0.848. The Kier molecular flexibility index (Phi) is 9.73. The van der Waals surface area contributed by atoms with Crippen molar-refractivity contribution in [2.24, 2.45) is 11.8 Å². The fourth-order valence-corrected chi connectivity index (χ4v) is 6.74. The Balaban J connectivity index is 1.19. The summed E-state index contributed by atoms with van der Waals surface area (Å²) in [6, 6.07) is 4.36. The lowest BCUT2D eigenvalue weighted by atomic mass is 9.76. The number of nitrogens with one attached hydrogen (secondary N) is 2. The first kappa shape index (κ1) is 28.6. The summed E-state index contributed by atoms with van der Waals surface area (Å²) < 4.78 is 32.1. The van der Waals surface area contributed by atoms with Crippen LogP contribution in [-0.4, -0.2) is 48.7 Å². The lowest BCUT2D eigenvalue weighted by Gasteiger charge is -2.26. The number of halogens is 1. The van der Waals surface area contributed by atoms with E-state index in [1.807, 2.05) is 6.92 Å². The molecule has 8 nitrogen and oxygen atoms in total. The highest BCUT2D eigenvalue weighted by atomic mass is 19.1. The first-order valence-corrected chi connectivity index (χ1v) is 15.1. The number of oxazole rings is 1. The second-order valence-corrected chi connectivity index (χ2v) is 11.5. The number of fused-ring (bicyclic) bond motifs is 2. The first-order valence-electron chi connectivity index (χ1n) is 15.1. The predicted octanol–water partition coefficient (Wildman–Crippen LogP) is 5.31. The molecule has 40 heavy (non-hydrogen) atoms. The van der Waals surface area contributed by atoms with Crippen molar-refractivity contribution >= 4 is 11.8 Å². The minimum atomic E-state index is -0.366. The maximum absolute atomic E-state index is 14.2. The van der Waals surface area contributed by atoms with Crippen LogP contribution in [0.25, 0.3) is 0 Å². The second kappa shape index (κ2) is 13.6. The third-order valence-corrected chi connectivity index (χ3v) is 8.72. The third kappa shape index (κ3) is 7.03. The average molecular weight is 556 g/mol. The normalized spacial score (nSPS) is 24.2. The molecular weight excluding hydrogens is 513 g/mol. The molecule has 5 rings (SSSR count). The quantitative estimate of drug-likeness (QED) is 0.325. The van der Waals surface area contributed by atoms with Crippen LogP contribution in [0.3, 0.4) is 0 Å². The van der Waals surface area contributed by atoms with Crippen molar-refractivity contribution in [1.29, 1.82) is 0 Å². The molecule has 3 heterocycles. The summed E-state index contributed by atoms with van der Waals surface area (Å²) in [5, 5.41) is 5.69. The van der Waals surface area contributed by atoms with Crippen LogP contribution in [0.4, 0.5) is 4.39 Å². The predicted molar refractivity (Wildman–Crippen MR) is 148 cm³/mol. The van der Waals surface area contributed by atoms with E-state index in [2.05, 4.69) is 15.6 Å². The summed E-state index contributed by atoms with van der Waals surface area (Å²) in [5.41, 5.74) is 0.953. The fraction of sp³-hybridized carbons (Fsp3) is 0.645. The highest BCUT2D eigenvalue weighted by molar-refractivity contribution is 5.91. The molecule has 1 saturated carbocycles. The fourth-order valence-electron chi connectivity index (χ4n) is 6.74. The Morgan fingerprint density at radius 2 is 1.90 bits per heavy atom. The number of aromatic nitrogens is 1. The number of carbonyl (C=O) groups excluding carboxylic acids is 2. The van der Waals surface area contributed by atoms with Crippen molar-refractivity contribution in [3.63, 3.8) is 0 Å². The van der Waals surface area contributed by atoms with E-state index in [9.17, 15) is 14.0 Å². The van der Waals surface area contributed by atoms with E-state index in [1.165, 1.54) is 56.9 Å². The van der Waals surface area contributed by atoms with E-state index in [0.717, 1.165) is 31.6 Å². The van der Waals surface area contributed by atoms with Crippen molar-refractivity contribution in [3.05, 3.63) is 47.4 Å². The van der Waals surface area contributed by atoms with Gasteiger partial charge in [0.1, 0.15) is 17.8 Å². The van der Waals surface area contributed by atoms with Crippen LogP contribution in [0.15, 0.2) is 28.9 Å². The Morgan fingerprint density at radius 3 is 2.73 bits per heavy atom. The molecule has 3 aliphatic rings. The highest BCUT2D eigenvalue weighted by Crippen LogP contribution is 2.50. The van der Waals surface area contributed by atoms with E-state index in [-0.39, 0.29) is 54.0 Å². The lowest BCUT2D eigenvalue weighted by molar-refractivity contribution is -0.123. The van der Waals surface area contributed by atoms with Gasteiger partial charge in [0, 0.05) is 19.0 Å². The Bertz CT molecular complexity index is 1150. The Morgan fingerprint density at radius 1 is 1.07 bits per heavy atom. The summed E-state index contributed by atoms with van der Waals surface area (Å²) in [6.45, 7) is 2.85. The van der Waals surface area contributed by atoms with Gasteiger partial charge in [-0.3, -0.25) is 9.59 Å². The van der Waals surface area contributed by atoms with Crippen molar-refractivity contribution in [1.82, 2.24) is 15.6 Å². The number of carbonyl (C=O) groups is 2. The van der Waals surface area contributed by atoms with Gasteiger partial charge in [0.15, 0.2) is 12.3 Å². The number of rotatable bonds is 13. The van der Waals surface area contributed by atoms with Crippen LogP contribution in [0, 0.1) is 17.7 Å². The monoisotopic (exact) mass is 555 g/mol. The van der Waals surface area contributed by atoms with Gasteiger partial charge in [-0.05, 0) is 62.3 Å². The molecule has 2 aromatic rings. The van der Waals surface area contributed by atoms with Crippen molar-refractivity contribution in [2.45, 2.75) is 95.7 Å². The zero-order chi connectivity index (χ0) is 27.9. The minimum absolute atomic E-state index is 0.0113. The largest absolute Gasteiger partial charge is 0.483 e. The number of likely N-dealkylation sites (N-methyl/N-ethyl adjacent to an activating group) is 1. The van der Waals surface area contributed by atoms with Crippen LogP contribution in [0.2, 0.25) is 0 Å². The molecule has 1 aromatic carbocycles. The molecule has 0 radical (unpaired) electrons. The maximum Gasteiger partial charge on any atom is 0.273 e. The average Bonchev–Trinajstić information content (AvgIpc) is 3.70.